The van der Waals surface area contributed by atoms with E-state index < -0.39 is 0 Å². The highest BCUT2D eigenvalue weighted by Gasteiger charge is 2.18. The van der Waals surface area contributed by atoms with Crippen LogP contribution in [-0.2, 0) is 0 Å². The maximum absolute atomic E-state index is 2.42. The third-order valence-electron chi connectivity index (χ3n) is 10.4. The molecule has 0 amide bonds. The average Bonchev–Trinajstić information content (AvgIpc) is 3.54. The van der Waals surface area contributed by atoms with E-state index in [9.17, 15) is 0 Å². The predicted octanol–water partition coefficient (Wildman–Crippen LogP) is 13.8. The Kier molecular flexibility index (Phi) is 6.89. The van der Waals surface area contributed by atoms with Crippen molar-refractivity contribution in [3.63, 3.8) is 0 Å². The van der Waals surface area contributed by atoms with Gasteiger partial charge < -0.3 is 4.57 Å². The molecular formula is C50H33N. The second-order valence-corrected chi connectivity index (χ2v) is 13.3. The number of rotatable bonds is 5. The Balaban J connectivity index is 1.20. The predicted molar refractivity (Wildman–Crippen MR) is 218 cm³/mol. The lowest BCUT2D eigenvalue weighted by Crippen LogP contribution is -1.95. The molecule has 0 aliphatic heterocycles. The van der Waals surface area contributed by atoms with Crippen molar-refractivity contribution >= 4 is 43.4 Å². The van der Waals surface area contributed by atoms with E-state index in [0.29, 0.717) is 0 Å². The van der Waals surface area contributed by atoms with Crippen LogP contribution in [0.1, 0.15) is 0 Å². The van der Waals surface area contributed by atoms with Gasteiger partial charge >= 0.3 is 0 Å². The molecule has 1 aromatic heterocycles. The van der Waals surface area contributed by atoms with Gasteiger partial charge in [-0.3, -0.25) is 0 Å². The number of nitrogens with zero attached hydrogens (tertiary/aromatic N) is 1. The van der Waals surface area contributed by atoms with Crippen molar-refractivity contribution in [2.24, 2.45) is 0 Å². The van der Waals surface area contributed by atoms with Crippen LogP contribution in [0, 0.1) is 0 Å². The van der Waals surface area contributed by atoms with E-state index >= 15 is 0 Å². The van der Waals surface area contributed by atoms with Gasteiger partial charge in [0.25, 0.3) is 0 Å². The number of hydrogen-bond acceptors (Lipinski definition) is 0. The Morgan fingerprint density at radius 1 is 0.235 bits per heavy atom. The van der Waals surface area contributed by atoms with Crippen LogP contribution in [-0.4, -0.2) is 4.57 Å². The molecule has 1 heteroatoms. The largest absolute Gasteiger partial charge is 0.309 e. The molecule has 0 aliphatic carbocycles. The zero-order chi connectivity index (χ0) is 33.7. The minimum atomic E-state index is 1.15. The molecule has 0 fully saturated rings. The highest BCUT2D eigenvalue weighted by molar-refractivity contribution is 6.22. The van der Waals surface area contributed by atoms with Crippen LogP contribution in [0.5, 0.6) is 0 Å². The SMILES string of the molecule is c1ccc(-c2ccc3c(-c4ccc(-n5c6ccccc6c6ccc(-c7ccccc7)cc65)cc4)c4ccccc4c(-c4ccccc4)c3c2)cc1. The number of fused-ring (bicyclic) bond motifs is 5. The molecule has 10 aromatic rings. The Labute approximate surface area is 297 Å². The van der Waals surface area contributed by atoms with Gasteiger partial charge in [0, 0.05) is 16.5 Å². The van der Waals surface area contributed by atoms with Gasteiger partial charge in [0.15, 0.2) is 0 Å². The summed E-state index contributed by atoms with van der Waals surface area (Å²) in [5.74, 6) is 0. The smallest absolute Gasteiger partial charge is 0.0547 e. The van der Waals surface area contributed by atoms with Gasteiger partial charge in [0.1, 0.15) is 0 Å². The van der Waals surface area contributed by atoms with Crippen LogP contribution in [0.25, 0.3) is 93.5 Å². The van der Waals surface area contributed by atoms with Crippen molar-refractivity contribution in [3.8, 4) is 50.2 Å². The van der Waals surface area contributed by atoms with Crippen LogP contribution in [0.3, 0.4) is 0 Å². The monoisotopic (exact) mass is 647 g/mol. The van der Waals surface area contributed by atoms with E-state index in [1.807, 2.05) is 0 Å². The minimum absolute atomic E-state index is 1.15. The lowest BCUT2D eigenvalue weighted by Gasteiger charge is -2.19. The molecule has 0 bridgehead atoms. The zero-order valence-corrected chi connectivity index (χ0v) is 28.0. The molecule has 0 saturated carbocycles. The topological polar surface area (TPSA) is 4.93 Å². The highest BCUT2D eigenvalue weighted by Crippen LogP contribution is 2.45. The molecule has 9 aromatic carbocycles. The van der Waals surface area contributed by atoms with Crippen molar-refractivity contribution in [2.75, 3.05) is 0 Å². The van der Waals surface area contributed by atoms with Gasteiger partial charge in [0.05, 0.1) is 11.0 Å². The molecule has 1 nitrogen and oxygen atoms in total. The van der Waals surface area contributed by atoms with Gasteiger partial charge in [-0.2, -0.15) is 0 Å². The van der Waals surface area contributed by atoms with Crippen molar-refractivity contribution in [3.05, 3.63) is 200 Å². The highest BCUT2D eigenvalue weighted by atomic mass is 15.0. The second kappa shape index (κ2) is 12.0. The summed E-state index contributed by atoms with van der Waals surface area (Å²) in [7, 11) is 0. The van der Waals surface area contributed by atoms with E-state index in [1.54, 1.807) is 0 Å². The number of aromatic nitrogens is 1. The molecular weight excluding hydrogens is 615 g/mol. The summed E-state index contributed by atoms with van der Waals surface area (Å²) in [6.45, 7) is 0. The number of hydrogen-bond donors (Lipinski definition) is 0. The summed E-state index contributed by atoms with van der Waals surface area (Å²) in [4.78, 5) is 0. The first-order valence-electron chi connectivity index (χ1n) is 17.6. The minimum Gasteiger partial charge on any atom is -0.309 e. The molecule has 51 heavy (non-hydrogen) atoms. The van der Waals surface area contributed by atoms with Gasteiger partial charge in [-0.1, -0.05) is 170 Å². The summed E-state index contributed by atoms with van der Waals surface area (Å²) < 4.78 is 2.42. The molecule has 0 atom stereocenters. The Bertz CT molecular complexity index is 2860. The molecule has 0 spiro atoms. The normalized spacial score (nSPS) is 11.5. The first kappa shape index (κ1) is 29.2. The summed E-state index contributed by atoms with van der Waals surface area (Å²) >= 11 is 0. The Morgan fingerprint density at radius 3 is 1.27 bits per heavy atom. The van der Waals surface area contributed by atoms with Gasteiger partial charge in [-0.25, -0.2) is 0 Å². The maximum atomic E-state index is 2.42. The van der Waals surface area contributed by atoms with E-state index in [4.69, 9.17) is 0 Å². The van der Waals surface area contributed by atoms with E-state index in [0.717, 1.165) is 5.69 Å². The van der Waals surface area contributed by atoms with E-state index in [-0.39, 0.29) is 0 Å². The fourth-order valence-electron chi connectivity index (χ4n) is 8.05. The van der Waals surface area contributed by atoms with Crippen molar-refractivity contribution in [1.82, 2.24) is 4.57 Å². The van der Waals surface area contributed by atoms with Crippen LogP contribution in [0.4, 0.5) is 0 Å². The van der Waals surface area contributed by atoms with Gasteiger partial charge in [-0.05, 0) is 96.4 Å². The Hall–Kier alpha value is -6.70. The first-order chi connectivity index (χ1) is 25.3. The maximum Gasteiger partial charge on any atom is 0.0547 e. The van der Waals surface area contributed by atoms with E-state index in [2.05, 4.69) is 205 Å². The molecule has 0 radical (unpaired) electrons. The van der Waals surface area contributed by atoms with Crippen molar-refractivity contribution < 1.29 is 0 Å². The average molecular weight is 648 g/mol. The van der Waals surface area contributed by atoms with Crippen LogP contribution >= 0.6 is 0 Å². The molecule has 10 rings (SSSR count). The third kappa shape index (κ3) is 4.86. The van der Waals surface area contributed by atoms with Crippen LogP contribution in [0.15, 0.2) is 200 Å². The van der Waals surface area contributed by atoms with E-state index in [1.165, 1.54) is 87.9 Å². The molecule has 0 saturated heterocycles. The first-order valence-corrected chi connectivity index (χ1v) is 17.6. The van der Waals surface area contributed by atoms with Crippen molar-refractivity contribution in [2.45, 2.75) is 0 Å². The lowest BCUT2D eigenvalue weighted by atomic mass is 9.85. The third-order valence-corrected chi connectivity index (χ3v) is 10.4. The van der Waals surface area contributed by atoms with Crippen LogP contribution < -0.4 is 0 Å². The van der Waals surface area contributed by atoms with Crippen molar-refractivity contribution in [1.29, 1.82) is 0 Å². The molecule has 238 valence electrons. The number of benzene rings is 9. The summed E-state index contributed by atoms with van der Waals surface area (Å²) in [5.41, 5.74) is 13.4. The molecule has 0 unspecified atom stereocenters. The van der Waals surface area contributed by atoms with Gasteiger partial charge in [0.2, 0.25) is 0 Å². The summed E-state index contributed by atoms with van der Waals surface area (Å²) in [5, 5.41) is 7.56. The number of para-hydroxylation sites is 1. The molecule has 0 aliphatic rings. The summed E-state index contributed by atoms with van der Waals surface area (Å²) in [6, 6.07) is 72.9. The quantitative estimate of drug-likeness (QED) is 0.164. The second-order valence-electron chi connectivity index (χ2n) is 13.3. The lowest BCUT2D eigenvalue weighted by molar-refractivity contribution is 1.18. The van der Waals surface area contributed by atoms with Crippen LogP contribution in [0.2, 0.25) is 0 Å². The van der Waals surface area contributed by atoms with Gasteiger partial charge in [-0.15, -0.1) is 0 Å². The zero-order valence-electron chi connectivity index (χ0n) is 28.0. The standard InChI is InChI=1S/C50H33N/c1-4-14-34(15-5-1)38-27-31-45-46(32-38)50(36-18-8-3-9-19-36)44-22-11-10-21-43(44)49(45)37-24-28-40(29-25-37)51-47-23-13-12-20-41(47)42-30-26-39(33-48(42)51)35-16-6-2-7-17-35/h1-33H. The summed E-state index contributed by atoms with van der Waals surface area (Å²) in [6.07, 6.45) is 0. The molecule has 1 heterocycles. The fourth-order valence-corrected chi connectivity index (χ4v) is 8.05. The molecule has 0 N–H and O–H groups in total. The fraction of sp³-hybridized carbons (Fsp3) is 0. The Morgan fingerprint density at radius 2 is 0.647 bits per heavy atom.